The first-order valence-electron chi connectivity index (χ1n) is 10.3. The van der Waals surface area contributed by atoms with E-state index in [-0.39, 0.29) is 17.5 Å². The molecule has 1 aliphatic carbocycles. The number of carbonyl (C=O) groups excluding carboxylic acids is 1. The molecule has 0 saturated heterocycles. The van der Waals surface area contributed by atoms with Crippen molar-refractivity contribution in [3.8, 4) is 0 Å². The molecule has 3 heterocycles. The molecule has 1 aromatic carbocycles. The van der Waals surface area contributed by atoms with Crippen LogP contribution in [0.3, 0.4) is 0 Å². The van der Waals surface area contributed by atoms with Crippen LogP contribution in [0.2, 0.25) is 0 Å². The minimum atomic E-state index is -0.139. The number of amides is 1. The third-order valence-corrected chi connectivity index (χ3v) is 7.27. The summed E-state index contributed by atoms with van der Waals surface area (Å²) in [6.07, 6.45) is 4.71. The Bertz CT molecular complexity index is 1110. The Kier molecular flexibility index (Phi) is 4.93. The molecule has 0 spiro atoms. The minimum absolute atomic E-state index is 0.0699. The van der Waals surface area contributed by atoms with Crippen molar-refractivity contribution >= 4 is 28.0 Å². The second kappa shape index (κ2) is 7.72. The molecular formula is C22H24N4O2S. The SMILES string of the molecule is O=C(N[C@H]1CC[C@H](c2n[nH]c(=O)c3ccccc32)CC1)c1csc2c1CCNC2. The van der Waals surface area contributed by atoms with Gasteiger partial charge in [0, 0.05) is 34.1 Å². The molecule has 29 heavy (non-hydrogen) atoms. The van der Waals surface area contributed by atoms with Gasteiger partial charge in [0.05, 0.1) is 16.6 Å². The number of rotatable bonds is 3. The molecule has 150 valence electrons. The van der Waals surface area contributed by atoms with Crippen LogP contribution in [0.25, 0.3) is 10.8 Å². The van der Waals surface area contributed by atoms with Crippen LogP contribution in [0, 0.1) is 0 Å². The fourth-order valence-electron chi connectivity index (χ4n) is 4.67. The van der Waals surface area contributed by atoms with E-state index in [1.165, 1.54) is 10.4 Å². The van der Waals surface area contributed by atoms with E-state index in [9.17, 15) is 9.59 Å². The number of thiophene rings is 1. The van der Waals surface area contributed by atoms with Gasteiger partial charge in [-0.25, -0.2) is 5.10 Å². The van der Waals surface area contributed by atoms with Crippen molar-refractivity contribution in [3.63, 3.8) is 0 Å². The molecule has 6 nitrogen and oxygen atoms in total. The number of aromatic nitrogens is 2. The van der Waals surface area contributed by atoms with Crippen molar-refractivity contribution < 1.29 is 4.79 Å². The lowest BCUT2D eigenvalue weighted by Crippen LogP contribution is -2.38. The first-order valence-corrected chi connectivity index (χ1v) is 11.2. The van der Waals surface area contributed by atoms with E-state index < -0.39 is 0 Å². The highest BCUT2D eigenvalue weighted by Crippen LogP contribution is 2.34. The van der Waals surface area contributed by atoms with Crippen molar-refractivity contribution in [3.05, 3.63) is 61.7 Å². The normalized spacial score (nSPS) is 21.7. The van der Waals surface area contributed by atoms with Gasteiger partial charge in [0.2, 0.25) is 0 Å². The van der Waals surface area contributed by atoms with E-state index in [2.05, 4.69) is 20.8 Å². The molecule has 0 bridgehead atoms. The van der Waals surface area contributed by atoms with E-state index in [1.807, 2.05) is 29.6 Å². The van der Waals surface area contributed by atoms with Gasteiger partial charge in [0.15, 0.2) is 0 Å². The molecule has 1 saturated carbocycles. The van der Waals surface area contributed by atoms with Crippen LogP contribution < -0.4 is 16.2 Å². The number of nitrogens with zero attached hydrogens (tertiary/aromatic N) is 1. The molecule has 0 unspecified atom stereocenters. The third-order valence-electron chi connectivity index (χ3n) is 6.24. The average molecular weight is 409 g/mol. The Morgan fingerprint density at radius 1 is 1.14 bits per heavy atom. The van der Waals surface area contributed by atoms with Crippen molar-refractivity contribution in [2.24, 2.45) is 0 Å². The number of nitrogens with one attached hydrogen (secondary N) is 3. The summed E-state index contributed by atoms with van der Waals surface area (Å²) in [6.45, 7) is 1.81. The maximum atomic E-state index is 12.8. The summed E-state index contributed by atoms with van der Waals surface area (Å²) < 4.78 is 0. The first kappa shape index (κ1) is 18.5. The number of hydrogen-bond acceptors (Lipinski definition) is 5. The van der Waals surface area contributed by atoms with Gasteiger partial charge in [-0.05, 0) is 50.3 Å². The molecule has 2 aromatic heterocycles. The third kappa shape index (κ3) is 3.49. The van der Waals surface area contributed by atoms with E-state index in [1.54, 1.807) is 11.3 Å². The van der Waals surface area contributed by atoms with E-state index in [4.69, 9.17) is 0 Å². The largest absolute Gasteiger partial charge is 0.349 e. The summed E-state index contributed by atoms with van der Waals surface area (Å²) in [6, 6.07) is 7.87. The molecule has 1 fully saturated rings. The molecule has 2 aliphatic rings. The maximum absolute atomic E-state index is 12.8. The molecule has 3 N–H and O–H groups in total. The zero-order valence-electron chi connectivity index (χ0n) is 16.2. The maximum Gasteiger partial charge on any atom is 0.272 e. The van der Waals surface area contributed by atoms with Gasteiger partial charge in [-0.3, -0.25) is 9.59 Å². The predicted molar refractivity (Wildman–Crippen MR) is 115 cm³/mol. The highest BCUT2D eigenvalue weighted by atomic mass is 32.1. The number of benzene rings is 1. The summed E-state index contributed by atoms with van der Waals surface area (Å²) in [4.78, 5) is 26.2. The van der Waals surface area contributed by atoms with E-state index >= 15 is 0 Å². The van der Waals surface area contributed by atoms with Crippen molar-refractivity contribution in [1.82, 2.24) is 20.8 Å². The molecule has 0 radical (unpaired) electrons. The summed E-state index contributed by atoms with van der Waals surface area (Å²) in [5.74, 6) is 0.380. The van der Waals surface area contributed by atoms with Crippen LogP contribution in [0.5, 0.6) is 0 Å². The molecule has 7 heteroatoms. The fraction of sp³-hybridized carbons (Fsp3) is 0.409. The highest BCUT2D eigenvalue weighted by Gasteiger charge is 2.27. The summed E-state index contributed by atoms with van der Waals surface area (Å²) in [5, 5.41) is 17.3. The summed E-state index contributed by atoms with van der Waals surface area (Å²) in [5.41, 5.74) is 2.93. The van der Waals surface area contributed by atoms with Crippen LogP contribution in [0.4, 0.5) is 0 Å². The first-order chi connectivity index (χ1) is 14.2. The molecule has 1 aliphatic heterocycles. The van der Waals surface area contributed by atoms with Crippen LogP contribution in [-0.4, -0.2) is 28.7 Å². The summed E-state index contributed by atoms with van der Waals surface area (Å²) >= 11 is 1.68. The standard InChI is InChI=1S/C22H24N4O2S/c27-21(18-12-29-19-11-23-10-9-15(18)19)24-14-7-5-13(6-8-14)20-16-3-1-2-4-17(16)22(28)26-25-20/h1-4,12-14,23H,5-11H2,(H,24,27)(H,26,28)/t13-,14-. The van der Waals surface area contributed by atoms with Gasteiger partial charge in [0.1, 0.15) is 0 Å². The Labute approximate surface area is 172 Å². The monoisotopic (exact) mass is 408 g/mol. The number of carbonyl (C=O) groups is 1. The second-order valence-corrected chi connectivity index (χ2v) is 8.95. The van der Waals surface area contributed by atoms with Gasteiger partial charge in [-0.15, -0.1) is 11.3 Å². The molecular weight excluding hydrogens is 384 g/mol. The van der Waals surface area contributed by atoms with Crippen molar-refractivity contribution in [1.29, 1.82) is 0 Å². The van der Waals surface area contributed by atoms with Crippen LogP contribution in [-0.2, 0) is 13.0 Å². The van der Waals surface area contributed by atoms with Crippen molar-refractivity contribution in [2.75, 3.05) is 6.54 Å². The zero-order chi connectivity index (χ0) is 19.8. The quantitative estimate of drug-likeness (QED) is 0.622. The second-order valence-electron chi connectivity index (χ2n) is 7.98. The van der Waals surface area contributed by atoms with Gasteiger partial charge >= 0.3 is 0 Å². The fourth-order valence-corrected chi connectivity index (χ4v) is 5.72. The Morgan fingerprint density at radius 3 is 2.76 bits per heavy atom. The zero-order valence-corrected chi connectivity index (χ0v) is 17.0. The molecule has 5 rings (SSSR count). The highest BCUT2D eigenvalue weighted by molar-refractivity contribution is 7.10. The summed E-state index contributed by atoms with van der Waals surface area (Å²) in [7, 11) is 0. The molecule has 3 aromatic rings. The van der Waals surface area contributed by atoms with Crippen LogP contribution >= 0.6 is 11.3 Å². The van der Waals surface area contributed by atoms with Crippen molar-refractivity contribution in [2.45, 2.75) is 50.6 Å². The van der Waals surface area contributed by atoms with E-state index in [0.29, 0.717) is 11.3 Å². The number of H-pyrrole nitrogens is 1. The molecule has 1 amide bonds. The topological polar surface area (TPSA) is 86.9 Å². The van der Waals surface area contributed by atoms with Crippen LogP contribution in [0.1, 0.15) is 58.1 Å². The lowest BCUT2D eigenvalue weighted by atomic mass is 9.82. The minimum Gasteiger partial charge on any atom is -0.349 e. The lowest BCUT2D eigenvalue weighted by molar-refractivity contribution is 0.0925. The van der Waals surface area contributed by atoms with Crippen LogP contribution in [0.15, 0.2) is 34.4 Å². The predicted octanol–water partition coefficient (Wildman–Crippen LogP) is 3.09. The number of fused-ring (bicyclic) bond motifs is 2. The van der Waals surface area contributed by atoms with Gasteiger partial charge in [0.25, 0.3) is 11.5 Å². The Balaban J connectivity index is 1.27. The van der Waals surface area contributed by atoms with Gasteiger partial charge < -0.3 is 10.6 Å². The van der Waals surface area contributed by atoms with Gasteiger partial charge in [-0.1, -0.05) is 18.2 Å². The molecule has 0 atom stereocenters. The number of hydrogen-bond donors (Lipinski definition) is 3. The van der Waals surface area contributed by atoms with Gasteiger partial charge in [-0.2, -0.15) is 5.10 Å². The average Bonchev–Trinajstić information content (AvgIpc) is 3.19. The smallest absolute Gasteiger partial charge is 0.272 e. The Morgan fingerprint density at radius 2 is 1.93 bits per heavy atom. The van der Waals surface area contributed by atoms with E-state index in [0.717, 1.165) is 61.8 Å². The lowest BCUT2D eigenvalue weighted by Gasteiger charge is -2.29. The number of aromatic amines is 1. The Hall–Kier alpha value is -2.51.